The van der Waals surface area contributed by atoms with E-state index in [4.69, 9.17) is 12.2 Å². The quantitative estimate of drug-likeness (QED) is 0.365. The van der Waals surface area contributed by atoms with Crippen molar-refractivity contribution in [3.8, 4) is 0 Å². The van der Waals surface area contributed by atoms with Crippen molar-refractivity contribution in [1.29, 1.82) is 0 Å². The van der Waals surface area contributed by atoms with Crippen LogP contribution in [0.15, 0.2) is 29.4 Å². The number of amides is 1. The third-order valence-electron chi connectivity index (χ3n) is 2.13. The Balaban J connectivity index is 2.18. The lowest BCUT2D eigenvalue weighted by atomic mass is 10.2. The summed E-state index contributed by atoms with van der Waals surface area (Å²) >= 11 is 6.19. The molecular weight excluding hydrogens is 274 g/mol. The first kappa shape index (κ1) is 12.7. The number of carbonyl (C=O) groups is 1. The molecule has 1 aliphatic rings. The Morgan fingerprint density at radius 2 is 2.33 bits per heavy atom. The normalized spacial score (nSPS) is 15.7. The van der Waals surface area contributed by atoms with E-state index < -0.39 is 4.92 Å². The lowest BCUT2D eigenvalue weighted by Crippen LogP contribution is -2.22. The summed E-state index contributed by atoms with van der Waals surface area (Å²) in [4.78, 5) is 21.5. The Kier molecular flexibility index (Phi) is 3.68. The van der Waals surface area contributed by atoms with Crippen LogP contribution in [0.5, 0.6) is 0 Å². The van der Waals surface area contributed by atoms with Gasteiger partial charge in [0.05, 0.1) is 16.9 Å². The molecule has 0 spiro atoms. The second-order valence-corrected chi connectivity index (χ2v) is 4.97. The number of hydrogen-bond acceptors (Lipinski definition) is 6. The number of hydrogen-bond donors (Lipinski definition) is 0. The molecule has 6 nitrogen and oxygen atoms in total. The van der Waals surface area contributed by atoms with Gasteiger partial charge in [-0.25, -0.2) is 0 Å². The van der Waals surface area contributed by atoms with Gasteiger partial charge in [0.25, 0.3) is 11.6 Å². The molecule has 0 saturated carbocycles. The predicted octanol–water partition coefficient (Wildman–Crippen LogP) is 1.79. The molecule has 2 rings (SSSR count). The molecule has 0 atom stereocenters. The number of thioether (sulfide) groups is 1. The van der Waals surface area contributed by atoms with Crippen molar-refractivity contribution < 1.29 is 9.72 Å². The zero-order valence-electron chi connectivity index (χ0n) is 8.98. The minimum absolute atomic E-state index is 0.0244. The first-order chi connectivity index (χ1) is 8.58. The van der Waals surface area contributed by atoms with E-state index in [2.05, 4.69) is 5.10 Å². The van der Waals surface area contributed by atoms with Crippen molar-refractivity contribution in [3.05, 3.63) is 39.9 Å². The molecule has 18 heavy (non-hydrogen) atoms. The fraction of sp³-hybridized carbons (Fsp3) is 0.100. The van der Waals surface area contributed by atoms with Gasteiger partial charge in [-0.15, -0.1) is 0 Å². The number of carbonyl (C=O) groups excluding carboxylic acids is 1. The minimum atomic E-state index is -0.487. The van der Waals surface area contributed by atoms with Crippen LogP contribution < -0.4 is 0 Å². The Bertz CT molecular complexity index is 543. The van der Waals surface area contributed by atoms with Crippen molar-refractivity contribution in [2.45, 2.75) is 0 Å². The SMILES string of the molecule is O=C1CSC(=S)N1/N=C/c1cccc([N+](=O)[O-])c1. The molecule has 8 heteroatoms. The van der Waals surface area contributed by atoms with E-state index in [0.29, 0.717) is 9.88 Å². The van der Waals surface area contributed by atoms with Gasteiger partial charge in [0.1, 0.15) is 0 Å². The van der Waals surface area contributed by atoms with Crippen LogP contribution in [0.4, 0.5) is 5.69 Å². The summed E-state index contributed by atoms with van der Waals surface area (Å²) in [6, 6.07) is 5.98. The summed E-state index contributed by atoms with van der Waals surface area (Å²) in [5.41, 5.74) is 0.514. The maximum atomic E-state index is 11.4. The van der Waals surface area contributed by atoms with Crippen LogP contribution in [0.2, 0.25) is 0 Å². The zero-order chi connectivity index (χ0) is 13.1. The molecule has 1 fully saturated rings. The molecule has 1 heterocycles. The van der Waals surface area contributed by atoms with Crippen LogP contribution in [-0.2, 0) is 4.79 Å². The average Bonchev–Trinajstić information content (AvgIpc) is 2.67. The van der Waals surface area contributed by atoms with Crippen LogP contribution in [0.1, 0.15) is 5.56 Å². The number of nitro groups is 1. The highest BCUT2D eigenvalue weighted by molar-refractivity contribution is 8.23. The molecule has 0 bridgehead atoms. The van der Waals surface area contributed by atoms with Crippen LogP contribution in [0, 0.1) is 10.1 Å². The Morgan fingerprint density at radius 1 is 1.56 bits per heavy atom. The van der Waals surface area contributed by atoms with Crippen LogP contribution >= 0.6 is 24.0 Å². The van der Waals surface area contributed by atoms with Crippen molar-refractivity contribution in [1.82, 2.24) is 5.01 Å². The predicted molar refractivity (Wildman–Crippen MR) is 72.6 cm³/mol. The Hall–Kier alpha value is -1.80. The third kappa shape index (κ3) is 2.71. The van der Waals surface area contributed by atoms with Crippen molar-refractivity contribution in [2.75, 3.05) is 5.75 Å². The molecule has 92 valence electrons. The summed E-state index contributed by atoms with van der Waals surface area (Å²) in [7, 11) is 0. The fourth-order valence-electron chi connectivity index (χ4n) is 1.30. The van der Waals surface area contributed by atoms with E-state index in [1.165, 1.54) is 30.1 Å². The molecule has 1 amide bonds. The molecule has 1 aromatic rings. The van der Waals surface area contributed by atoms with Crippen LogP contribution in [0.25, 0.3) is 0 Å². The highest BCUT2D eigenvalue weighted by Gasteiger charge is 2.25. The number of nitrogens with zero attached hydrogens (tertiary/aromatic N) is 3. The highest BCUT2D eigenvalue weighted by Crippen LogP contribution is 2.19. The smallest absolute Gasteiger partial charge is 0.270 e. The summed E-state index contributed by atoms with van der Waals surface area (Å²) in [5.74, 6) is 0.0946. The molecule has 1 aromatic carbocycles. The van der Waals surface area contributed by atoms with Gasteiger partial charge in [0, 0.05) is 17.7 Å². The lowest BCUT2D eigenvalue weighted by Gasteiger charge is -2.05. The fourth-order valence-corrected chi connectivity index (χ4v) is 2.27. The number of thiocarbonyl (C=S) groups is 1. The van der Waals surface area contributed by atoms with Gasteiger partial charge in [-0.2, -0.15) is 10.1 Å². The van der Waals surface area contributed by atoms with Crippen LogP contribution in [-0.4, -0.2) is 32.1 Å². The van der Waals surface area contributed by atoms with Crippen molar-refractivity contribution >= 4 is 46.1 Å². The van der Waals surface area contributed by atoms with Gasteiger partial charge in [0.2, 0.25) is 0 Å². The molecule has 0 aliphatic carbocycles. The molecule has 0 aromatic heterocycles. The van der Waals surface area contributed by atoms with Gasteiger partial charge in [-0.05, 0) is 0 Å². The number of rotatable bonds is 3. The first-order valence-corrected chi connectivity index (χ1v) is 6.25. The maximum absolute atomic E-state index is 11.4. The van der Waals surface area contributed by atoms with Crippen molar-refractivity contribution in [3.63, 3.8) is 0 Å². The minimum Gasteiger partial charge on any atom is -0.272 e. The molecule has 0 radical (unpaired) electrons. The maximum Gasteiger partial charge on any atom is 0.270 e. The van der Waals surface area contributed by atoms with E-state index in [1.807, 2.05) is 0 Å². The Morgan fingerprint density at radius 3 is 2.94 bits per heavy atom. The number of hydrazone groups is 1. The molecule has 1 aliphatic heterocycles. The molecule has 0 unspecified atom stereocenters. The van der Waals surface area contributed by atoms with Gasteiger partial charge in [-0.1, -0.05) is 36.1 Å². The number of nitro benzene ring substituents is 1. The van der Waals surface area contributed by atoms with E-state index in [0.717, 1.165) is 5.01 Å². The summed E-state index contributed by atoms with van der Waals surface area (Å²) in [5, 5.41) is 15.6. The summed E-state index contributed by atoms with van der Waals surface area (Å²) < 4.78 is 0.390. The topological polar surface area (TPSA) is 75.8 Å². The van der Waals surface area contributed by atoms with E-state index in [9.17, 15) is 14.9 Å². The summed E-state index contributed by atoms with van der Waals surface area (Å²) in [6.07, 6.45) is 1.38. The number of benzene rings is 1. The molecule has 0 N–H and O–H groups in total. The van der Waals surface area contributed by atoms with Gasteiger partial charge in [0.15, 0.2) is 4.32 Å². The first-order valence-electron chi connectivity index (χ1n) is 4.86. The second kappa shape index (κ2) is 5.23. The molecule has 1 saturated heterocycles. The lowest BCUT2D eigenvalue weighted by molar-refractivity contribution is -0.384. The van der Waals surface area contributed by atoms with Gasteiger partial charge >= 0.3 is 0 Å². The standard InChI is InChI=1S/C10H7N3O3S2/c14-9-6-18-10(17)12(9)11-5-7-2-1-3-8(4-7)13(15)16/h1-5H,6H2/b11-5+. The highest BCUT2D eigenvalue weighted by atomic mass is 32.2. The average molecular weight is 281 g/mol. The van der Waals surface area contributed by atoms with Gasteiger partial charge in [-0.3, -0.25) is 14.9 Å². The number of non-ortho nitro benzene ring substituents is 1. The van der Waals surface area contributed by atoms with Gasteiger partial charge < -0.3 is 0 Å². The Labute approximate surface area is 112 Å². The third-order valence-corrected chi connectivity index (χ3v) is 3.47. The van der Waals surface area contributed by atoms with E-state index in [1.54, 1.807) is 12.1 Å². The van der Waals surface area contributed by atoms with Crippen LogP contribution in [0.3, 0.4) is 0 Å². The second-order valence-electron chi connectivity index (χ2n) is 3.36. The molecular formula is C10H7N3O3S2. The summed E-state index contributed by atoms with van der Waals surface area (Å²) in [6.45, 7) is 0. The monoisotopic (exact) mass is 281 g/mol. The van der Waals surface area contributed by atoms with E-state index >= 15 is 0 Å². The zero-order valence-corrected chi connectivity index (χ0v) is 10.6. The van der Waals surface area contributed by atoms with Crippen molar-refractivity contribution in [2.24, 2.45) is 5.10 Å². The largest absolute Gasteiger partial charge is 0.272 e. The van der Waals surface area contributed by atoms with E-state index in [-0.39, 0.29) is 17.3 Å².